The number of benzene rings is 1. The van der Waals surface area contributed by atoms with E-state index >= 15 is 0 Å². The van der Waals surface area contributed by atoms with Crippen molar-refractivity contribution in [3.05, 3.63) is 30.5 Å². The monoisotopic (exact) mass is 284 g/mol. The van der Waals surface area contributed by atoms with Gasteiger partial charge in [0.1, 0.15) is 11.6 Å². The molecule has 1 aromatic heterocycles. The van der Waals surface area contributed by atoms with Crippen LogP contribution in [-0.4, -0.2) is 16.6 Å². The Morgan fingerprint density at radius 1 is 1.29 bits per heavy atom. The van der Waals surface area contributed by atoms with Crippen LogP contribution in [0.5, 0.6) is 5.75 Å². The average molecular weight is 284 g/mol. The molecule has 0 aliphatic heterocycles. The van der Waals surface area contributed by atoms with Crippen molar-refractivity contribution in [1.82, 2.24) is 4.98 Å². The summed E-state index contributed by atoms with van der Waals surface area (Å²) in [7, 11) is 0. The normalized spacial score (nSPS) is 22.3. The fourth-order valence-corrected chi connectivity index (χ4v) is 3.51. The predicted octanol–water partition coefficient (Wildman–Crippen LogP) is 4.57. The predicted molar refractivity (Wildman–Crippen MR) is 87.6 cm³/mol. The molecule has 3 heteroatoms. The van der Waals surface area contributed by atoms with Crippen LogP contribution >= 0.6 is 0 Å². The first-order chi connectivity index (χ1) is 10.2. The van der Waals surface area contributed by atoms with Gasteiger partial charge in [0.05, 0.1) is 0 Å². The lowest BCUT2D eigenvalue weighted by molar-refractivity contribution is 0.274. The third-order valence-electron chi connectivity index (χ3n) is 4.64. The van der Waals surface area contributed by atoms with Crippen molar-refractivity contribution in [3.63, 3.8) is 0 Å². The molecule has 21 heavy (non-hydrogen) atoms. The maximum atomic E-state index is 9.66. The van der Waals surface area contributed by atoms with Gasteiger partial charge >= 0.3 is 0 Å². The molecule has 2 unspecified atom stereocenters. The fraction of sp³-hybridized carbons (Fsp3) is 0.500. The molecule has 3 nitrogen and oxygen atoms in total. The van der Waals surface area contributed by atoms with E-state index in [-0.39, 0.29) is 0 Å². The molecular weight excluding hydrogens is 260 g/mol. The van der Waals surface area contributed by atoms with Crippen molar-refractivity contribution >= 4 is 16.6 Å². The highest BCUT2D eigenvalue weighted by molar-refractivity contribution is 5.92. The van der Waals surface area contributed by atoms with Crippen LogP contribution in [0, 0.1) is 11.8 Å². The van der Waals surface area contributed by atoms with E-state index in [0.29, 0.717) is 5.75 Å². The lowest BCUT2D eigenvalue weighted by atomic mass is 9.81. The molecule has 0 spiro atoms. The molecule has 2 aromatic rings. The summed E-state index contributed by atoms with van der Waals surface area (Å²) in [5.41, 5.74) is 0. The van der Waals surface area contributed by atoms with E-state index in [1.165, 1.54) is 32.1 Å². The molecule has 1 saturated carbocycles. The summed E-state index contributed by atoms with van der Waals surface area (Å²) in [6.45, 7) is 3.33. The number of nitrogens with one attached hydrogen (secondary N) is 1. The lowest BCUT2D eigenvalue weighted by Crippen LogP contribution is -2.16. The number of pyridine rings is 1. The van der Waals surface area contributed by atoms with Crippen molar-refractivity contribution in [3.8, 4) is 5.75 Å². The van der Waals surface area contributed by atoms with Crippen LogP contribution in [0.4, 0.5) is 5.82 Å². The number of anilines is 1. The number of phenolic OH excluding ortho intramolecular Hbond substituents is 1. The number of fused-ring (bicyclic) bond motifs is 1. The van der Waals surface area contributed by atoms with E-state index in [1.807, 2.05) is 18.3 Å². The summed E-state index contributed by atoms with van der Waals surface area (Å²) in [5, 5.41) is 15.2. The highest BCUT2D eigenvalue weighted by Gasteiger charge is 2.18. The molecule has 1 aromatic carbocycles. The average Bonchev–Trinajstić information content (AvgIpc) is 2.48. The first-order valence-corrected chi connectivity index (χ1v) is 8.04. The minimum absolute atomic E-state index is 0.291. The largest absolute Gasteiger partial charge is 0.508 e. The van der Waals surface area contributed by atoms with E-state index in [0.717, 1.165) is 35.0 Å². The number of hydrogen-bond acceptors (Lipinski definition) is 3. The Morgan fingerprint density at radius 2 is 2.19 bits per heavy atom. The molecule has 112 valence electrons. The van der Waals surface area contributed by atoms with Crippen LogP contribution in [0.3, 0.4) is 0 Å². The highest BCUT2D eigenvalue weighted by atomic mass is 16.3. The Bertz CT molecular complexity index is 611. The summed E-state index contributed by atoms with van der Waals surface area (Å²) in [6, 6.07) is 7.41. The molecule has 1 aliphatic rings. The van der Waals surface area contributed by atoms with Gasteiger partial charge in [-0.3, -0.25) is 0 Å². The maximum absolute atomic E-state index is 9.66. The summed E-state index contributed by atoms with van der Waals surface area (Å²) in [6.07, 6.45) is 8.55. The number of aromatic nitrogens is 1. The standard InChI is InChI=1S/C18H24N2O/c1-13-3-2-4-14(11-13)7-9-19-18-17-12-16(21)6-5-15(17)8-10-20-18/h5-6,8,10,12-14,21H,2-4,7,9,11H2,1H3,(H,19,20). The molecule has 1 heterocycles. The van der Waals surface area contributed by atoms with E-state index in [2.05, 4.69) is 17.2 Å². The second-order valence-corrected chi connectivity index (χ2v) is 6.42. The van der Waals surface area contributed by atoms with Gasteiger partial charge in [-0.2, -0.15) is 0 Å². The molecule has 2 N–H and O–H groups in total. The summed E-state index contributed by atoms with van der Waals surface area (Å²) in [4.78, 5) is 4.42. The van der Waals surface area contributed by atoms with Gasteiger partial charge in [-0.15, -0.1) is 0 Å². The summed E-state index contributed by atoms with van der Waals surface area (Å²) in [5.74, 6) is 2.91. The van der Waals surface area contributed by atoms with Gasteiger partial charge in [0.2, 0.25) is 0 Å². The number of hydrogen-bond donors (Lipinski definition) is 2. The van der Waals surface area contributed by atoms with Crippen molar-refractivity contribution in [2.24, 2.45) is 11.8 Å². The lowest BCUT2D eigenvalue weighted by Gasteiger charge is -2.26. The van der Waals surface area contributed by atoms with E-state index in [9.17, 15) is 5.11 Å². The molecule has 2 atom stereocenters. The molecular formula is C18H24N2O. The number of rotatable bonds is 4. The Labute approximate surface area is 126 Å². The van der Waals surface area contributed by atoms with E-state index < -0.39 is 0 Å². The van der Waals surface area contributed by atoms with Gasteiger partial charge in [-0.1, -0.05) is 32.3 Å². The molecule has 1 fully saturated rings. The molecule has 1 aliphatic carbocycles. The van der Waals surface area contributed by atoms with Crippen molar-refractivity contribution < 1.29 is 5.11 Å². The Morgan fingerprint density at radius 3 is 3.05 bits per heavy atom. The van der Waals surface area contributed by atoms with E-state index in [1.54, 1.807) is 12.1 Å². The van der Waals surface area contributed by atoms with Gasteiger partial charge in [0, 0.05) is 18.1 Å². The van der Waals surface area contributed by atoms with Crippen molar-refractivity contribution in [1.29, 1.82) is 0 Å². The minimum atomic E-state index is 0.291. The Balaban J connectivity index is 1.64. The number of nitrogens with zero attached hydrogens (tertiary/aromatic N) is 1. The first-order valence-electron chi connectivity index (χ1n) is 8.04. The molecule has 0 bridgehead atoms. The first kappa shape index (κ1) is 14.2. The molecule has 0 radical (unpaired) electrons. The second kappa shape index (κ2) is 6.33. The third kappa shape index (κ3) is 3.46. The zero-order valence-electron chi connectivity index (χ0n) is 12.7. The van der Waals surface area contributed by atoms with Crippen molar-refractivity contribution in [2.75, 3.05) is 11.9 Å². The van der Waals surface area contributed by atoms with Gasteiger partial charge in [-0.05, 0) is 48.3 Å². The van der Waals surface area contributed by atoms with Crippen LogP contribution in [-0.2, 0) is 0 Å². The SMILES string of the molecule is CC1CCCC(CCNc2nccc3ccc(O)cc23)C1. The molecule has 3 rings (SSSR count). The summed E-state index contributed by atoms with van der Waals surface area (Å²) >= 11 is 0. The van der Waals surface area contributed by atoms with Crippen LogP contribution in [0.15, 0.2) is 30.5 Å². The third-order valence-corrected chi connectivity index (χ3v) is 4.64. The zero-order valence-corrected chi connectivity index (χ0v) is 12.7. The molecule has 0 amide bonds. The smallest absolute Gasteiger partial charge is 0.133 e. The second-order valence-electron chi connectivity index (χ2n) is 6.42. The van der Waals surface area contributed by atoms with E-state index in [4.69, 9.17) is 0 Å². The van der Waals surface area contributed by atoms with Gasteiger partial charge in [0.15, 0.2) is 0 Å². The van der Waals surface area contributed by atoms with Crippen LogP contribution in [0.2, 0.25) is 0 Å². The van der Waals surface area contributed by atoms with Gasteiger partial charge in [0.25, 0.3) is 0 Å². The number of aromatic hydroxyl groups is 1. The van der Waals surface area contributed by atoms with Crippen LogP contribution < -0.4 is 5.32 Å². The Kier molecular flexibility index (Phi) is 4.28. The summed E-state index contributed by atoms with van der Waals surface area (Å²) < 4.78 is 0. The maximum Gasteiger partial charge on any atom is 0.133 e. The quantitative estimate of drug-likeness (QED) is 0.864. The number of phenols is 1. The minimum Gasteiger partial charge on any atom is -0.508 e. The zero-order chi connectivity index (χ0) is 14.7. The molecule has 0 saturated heterocycles. The van der Waals surface area contributed by atoms with Crippen LogP contribution in [0.1, 0.15) is 39.0 Å². The topological polar surface area (TPSA) is 45.2 Å². The fourth-order valence-electron chi connectivity index (χ4n) is 3.51. The van der Waals surface area contributed by atoms with Gasteiger partial charge in [-0.25, -0.2) is 4.98 Å². The van der Waals surface area contributed by atoms with Crippen molar-refractivity contribution in [2.45, 2.75) is 39.0 Å². The Hall–Kier alpha value is -1.77. The van der Waals surface area contributed by atoms with Crippen LogP contribution in [0.25, 0.3) is 10.8 Å². The highest BCUT2D eigenvalue weighted by Crippen LogP contribution is 2.31. The van der Waals surface area contributed by atoms with Gasteiger partial charge < -0.3 is 10.4 Å².